The summed E-state index contributed by atoms with van der Waals surface area (Å²) in [7, 11) is 1.65. The number of nitrogens with one attached hydrogen (secondary N) is 2. The van der Waals surface area contributed by atoms with E-state index in [9.17, 15) is 9.18 Å². The van der Waals surface area contributed by atoms with Crippen LogP contribution in [0.1, 0.15) is 35.0 Å². The Labute approximate surface area is 241 Å². The molecule has 2 aromatic carbocycles. The van der Waals surface area contributed by atoms with Crippen molar-refractivity contribution in [3.8, 4) is 22.9 Å². The third kappa shape index (κ3) is 5.98. The van der Waals surface area contributed by atoms with Crippen LogP contribution >= 0.6 is 0 Å². The maximum absolute atomic E-state index is 13.8. The maximum Gasteiger partial charge on any atom is 0.273 e. The molecule has 2 aromatic heterocycles. The lowest BCUT2D eigenvalue weighted by molar-refractivity contribution is 0.0951. The van der Waals surface area contributed by atoms with Crippen molar-refractivity contribution in [2.45, 2.75) is 25.7 Å². The van der Waals surface area contributed by atoms with Crippen LogP contribution in [0.2, 0.25) is 0 Å². The molecule has 12 heteroatoms. The van der Waals surface area contributed by atoms with Gasteiger partial charge in [-0.1, -0.05) is 6.07 Å². The number of benzene rings is 2. The van der Waals surface area contributed by atoms with Gasteiger partial charge in [-0.15, -0.1) is 0 Å². The van der Waals surface area contributed by atoms with E-state index in [1.807, 2.05) is 36.4 Å². The number of aromatic nitrogens is 3. The minimum atomic E-state index is -0.437. The highest BCUT2D eigenvalue weighted by molar-refractivity contribution is 5.92. The molecule has 218 valence electrons. The van der Waals surface area contributed by atoms with Crippen LogP contribution in [0.3, 0.4) is 0 Å². The van der Waals surface area contributed by atoms with Gasteiger partial charge in [-0.2, -0.15) is 0 Å². The van der Waals surface area contributed by atoms with Crippen molar-refractivity contribution in [2.75, 3.05) is 40.0 Å². The van der Waals surface area contributed by atoms with Crippen molar-refractivity contribution in [1.29, 1.82) is 0 Å². The quantitative estimate of drug-likeness (QED) is 0.258. The van der Waals surface area contributed by atoms with Crippen LogP contribution in [-0.2, 0) is 12.8 Å². The number of hydrogen-bond acceptors (Lipinski definition) is 9. The first-order valence-electron chi connectivity index (χ1n) is 13.9. The Balaban J connectivity index is 1.08. The average molecular weight is 575 g/mol. The van der Waals surface area contributed by atoms with E-state index in [1.165, 1.54) is 6.26 Å². The monoisotopic (exact) mass is 574 g/mol. The van der Waals surface area contributed by atoms with Gasteiger partial charge in [0, 0.05) is 56.8 Å². The fourth-order valence-electron chi connectivity index (χ4n) is 4.90. The molecular weight excluding hydrogens is 543 g/mol. The van der Waals surface area contributed by atoms with Gasteiger partial charge in [0.15, 0.2) is 23.1 Å². The summed E-state index contributed by atoms with van der Waals surface area (Å²) in [6.07, 6.45) is 4.97. The Kier molecular flexibility index (Phi) is 8.13. The number of ether oxygens (including phenoxy) is 3. The molecule has 2 aliphatic rings. The predicted molar refractivity (Wildman–Crippen MR) is 154 cm³/mol. The molecule has 0 bridgehead atoms. The van der Waals surface area contributed by atoms with E-state index in [0.717, 1.165) is 28.3 Å². The first-order chi connectivity index (χ1) is 20.6. The number of methoxy groups -OCH3 is 1. The number of aliphatic imine (C=N–C) groups is 1. The smallest absolute Gasteiger partial charge is 0.273 e. The first kappa shape index (κ1) is 27.5. The van der Waals surface area contributed by atoms with Crippen molar-refractivity contribution in [1.82, 2.24) is 25.2 Å². The summed E-state index contributed by atoms with van der Waals surface area (Å²) in [6.45, 7) is 2.26. The molecule has 0 saturated heterocycles. The lowest BCUT2D eigenvalue weighted by atomic mass is 10.2. The van der Waals surface area contributed by atoms with Gasteiger partial charge in [-0.25, -0.2) is 14.4 Å². The van der Waals surface area contributed by atoms with Crippen molar-refractivity contribution in [3.63, 3.8) is 0 Å². The summed E-state index contributed by atoms with van der Waals surface area (Å²) in [5.74, 6) is 2.72. The highest BCUT2D eigenvalue weighted by Gasteiger charge is 2.20. The molecule has 0 fully saturated rings. The van der Waals surface area contributed by atoms with Crippen LogP contribution in [0.15, 0.2) is 63.6 Å². The zero-order valence-corrected chi connectivity index (χ0v) is 23.2. The summed E-state index contributed by atoms with van der Waals surface area (Å²) in [5, 5.41) is 6.04. The number of carbonyl (C=O) groups excluding carboxylic acids is 1. The standard InChI is InChI=1S/C30H31FN6O5/c1-39-20-5-2-4-19(14-20)37-25-16-27-26(40-12-13-41-27)15-22(25)35-28(37)7-10-32-11-8-29-36-24(18-42-29)30(38)34-17-23-21(31)6-3-9-33-23/h2,4-5,9,14-16,18,32H,3,6-8,10-13,17H2,1H3,(H,34,38). The number of carbonyl (C=O) groups is 1. The topological polar surface area (TPSA) is 125 Å². The van der Waals surface area contributed by atoms with Crippen LogP contribution < -0.4 is 24.8 Å². The molecule has 0 atom stereocenters. The minimum absolute atomic E-state index is 0.00806. The molecule has 42 heavy (non-hydrogen) atoms. The Morgan fingerprint density at radius 2 is 1.93 bits per heavy atom. The lowest BCUT2D eigenvalue weighted by Crippen LogP contribution is -2.26. The van der Waals surface area contributed by atoms with Crippen molar-refractivity contribution < 1.29 is 27.8 Å². The highest BCUT2D eigenvalue weighted by atomic mass is 19.1. The number of allylic oxidation sites excluding steroid dienone is 1. The minimum Gasteiger partial charge on any atom is -0.497 e. The lowest BCUT2D eigenvalue weighted by Gasteiger charge is -2.18. The van der Waals surface area contributed by atoms with Crippen molar-refractivity contribution in [3.05, 3.63) is 71.6 Å². The summed E-state index contributed by atoms with van der Waals surface area (Å²) < 4.78 is 38.5. The molecule has 2 aliphatic heterocycles. The zero-order chi connectivity index (χ0) is 28.9. The molecule has 0 aliphatic carbocycles. The second kappa shape index (κ2) is 12.4. The summed E-state index contributed by atoms with van der Waals surface area (Å²) in [5.41, 5.74) is 3.06. The van der Waals surface area contributed by atoms with E-state index in [0.29, 0.717) is 69.4 Å². The summed E-state index contributed by atoms with van der Waals surface area (Å²) >= 11 is 0. The third-order valence-corrected chi connectivity index (χ3v) is 6.99. The number of hydrogen-bond donors (Lipinski definition) is 2. The van der Waals surface area contributed by atoms with Crippen LogP contribution in [0, 0.1) is 0 Å². The first-order valence-corrected chi connectivity index (χ1v) is 13.9. The predicted octanol–water partition coefficient (Wildman–Crippen LogP) is 3.94. The van der Waals surface area contributed by atoms with Gasteiger partial charge in [0.1, 0.15) is 36.9 Å². The van der Waals surface area contributed by atoms with E-state index in [2.05, 4.69) is 25.2 Å². The van der Waals surface area contributed by atoms with E-state index < -0.39 is 5.91 Å². The summed E-state index contributed by atoms with van der Waals surface area (Å²) in [4.78, 5) is 25.6. The van der Waals surface area contributed by atoms with E-state index in [-0.39, 0.29) is 23.8 Å². The number of rotatable bonds is 11. The van der Waals surface area contributed by atoms with E-state index >= 15 is 0 Å². The second-order valence-electron chi connectivity index (χ2n) is 9.81. The summed E-state index contributed by atoms with van der Waals surface area (Å²) in [6, 6.07) is 11.7. The van der Waals surface area contributed by atoms with Gasteiger partial charge < -0.3 is 29.3 Å². The molecule has 1 amide bonds. The van der Waals surface area contributed by atoms with Gasteiger partial charge in [0.05, 0.1) is 36.1 Å². The highest BCUT2D eigenvalue weighted by Crippen LogP contribution is 2.36. The van der Waals surface area contributed by atoms with Gasteiger partial charge in [0.25, 0.3) is 5.91 Å². The van der Waals surface area contributed by atoms with Crippen molar-refractivity contribution >= 4 is 23.2 Å². The molecule has 0 saturated carbocycles. The molecule has 4 aromatic rings. The van der Waals surface area contributed by atoms with Crippen molar-refractivity contribution in [2.24, 2.45) is 4.99 Å². The number of oxazole rings is 1. The largest absolute Gasteiger partial charge is 0.497 e. The molecule has 11 nitrogen and oxygen atoms in total. The van der Waals surface area contributed by atoms with Gasteiger partial charge in [-0.05, 0) is 18.6 Å². The number of fused-ring (bicyclic) bond motifs is 2. The normalized spacial score (nSPS) is 14.4. The third-order valence-electron chi connectivity index (χ3n) is 6.99. The Hall–Kier alpha value is -4.71. The molecule has 6 rings (SSSR count). The Morgan fingerprint density at radius 1 is 1.10 bits per heavy atom. The van der Waals surface area contributed by atoms with E-state index in [4.69, 9.17) is 23.6 Å². The number of halogens is 1. The number of nitrogens with zero attached hydrogens (tertiary/aromatic N) is 4. The number of amides is 1. The molecule has 4 heterocycles. The molecule has 2 N–H and O–H groups in total. The SMILES string of the molecule is COc1cccc(-n2c(CCNCCc3nc(C(=O)NCC4=C(F)CCC=N4)co3)nc3cc4c(cc32)OCCO4)c1. The Bertz CT molecular complexity index is 1660. The van der Waals surface area contributed by atoms with Gasteiger partial charge in [0.2, 0.25) is 0 Å². The molecular formula is C30H31FN6O5. The van der Waals surface area contributed by atoms with Gasteiger partial charge >= 0.3 is 0 Å². The fourth-order valence-corrected chi connectivity index (χ4v) is 4.90. The van der Waals surface area contributed by atoms with Crippen LogP contribution in [0.25, 0.3) is 16.7 Å². The Morgan fingerprint density at radius 3 is 2.76 bits per heavy atom. The number of imidazole rings is 1. The van der Waals surface area contributed by atoms with Crippen LogP contribution in [0.4, 0.5) is 4.39 Å². The average Bonchev–Trinajstić information content (AvgIpc) is 3.63. The molecule has 0 unspecified atom stereocenters. The van der Waals surface area contributed by atoms with Crippen LogP contribution in [-0.4, -0.2) is 66.6 Å². The van der Waals surface area contributed by atoms with E-state index in [1.54, 1.807) is 13.3 Å². The van der Waals surface area contributed by atoms with Gasteiger partial charge in [-0.3, -0.25) is 14.4 Å². The second-order valence-corrected chi connectivity index (χ2v) is 9.81. The van der Waals surface area contributed by atoms with Crippen LogP contribution in [0.5, 0.6) is 17.2 Å². The molecule has 0 radical (unpaired) electrons. The zero-order valence-electron chi connectivity index (χ0n) is 23.2. The fraction of sp³-hybridized carbons (Fsp3) is 0.333. The maximum atomic E-state index is 13.8. The molecule has 0 spiro atoms.